The van der Waals surface area contributed by atoms with Gasteiger partial charge in [0, 0.05) is 19.5 Å². The Bertz CT molecular complexity index is 2070. The van der Waals surface area contributed by atoms with E-state index < -0.39 is 120 Å². The minimum Gasteiger partial charge on any atom is -0.394 e. The van der Waals surface area contributed by atoms with Gasteiger partial charge in [-0.05, 0) is 83.4 Å². The average Bonchev–Trinajstić information content (AvgIpc) is 3.38. The van der Waals surface area contributed by atoms with Crippen molar-refractivity contribution in [2.75, 3.05) is 33.3 Å². The molecular weight excluding hydrogens is 987 g/mol. The number of unbranched alkanes of at least 4 members (excludes halogenated alkanes) is 1. The van der Waals surface area contributed by atoms with Gasteiger partial charge in [0.1, 0.15) is 48.3 Å². The van der Waals surface area contributed by atoms with Gasteiger partial charge in [0.15, 0.2) is 11.9 Å². The summed E-state index contributed by atoms with van der Waals surface area (Å²) in [6.07, 6.45) is 3.15. The van der Waals surface area contributed by atoms with Crippen LogP contribution in [0.25, 0.3) is 0 Å². The summed E-state index contributed by atoms with van der Waals surface area (Å²) >= 11 is 0. The van der Waals surface area contributed by atoms with Crippen molar-refractivity contribution in [1.82, 2.24) is 58.5 Å². The number of aliphatic hydroxyl groups is 1. The highest BCUT2D eigenvalue weighted by atomic mass is 16.3. The lowest BCUT2D eigenvalue weighted by Gasteiger charge is -2.29. The molecule has 1 rings (SSSR count). The van der Waals surface area contributed by atoms with E-state index in [0.717, 1.165) is 0 Å². The van der Waals surface area contributed by atoms with Gasteiger partial charge < -0.3 is 86.5 Å². The molecule has 11 atom stereocenters. The normalized spacial score (nSPS) is 15.3. The smallest absolute Gasteiger partial charge is 0.245 e. The highest BCUT2D eigenvalue weighted by Crippen LogP contribution is 2.13. The maximum atomic E-state index is 14.0. The number of carbonyl (C=O) groups is 9. The van der Waals surface area contributed by atoms with Crippen molar-refractivity contribution in [3.8, 4) is 0 Å². The van der Waals surface area contributed by atoms with Crippen molar-refractivity contribution in [2.45, 2.75) is 160 Å². The maximum Gasteiger partial charge on any atom is 0.245 e. The van der Waals surface area contributed by atoms with Gasteiger partial charge in [-0.15, -0.1) is 0 Å². The largest absolute Gasteiger partial charge is 0.394 e. The highest BCUT2D eigenvalue weighted by Gasteiger charge is 2.35. The van der Waals surface area contributed by atoms with Crippen molar-refractivity contribution in [3.05, 3.63) is 35.9 Å². The molecule has 0 aliphatic rings. The molecule has 0 fully saturated rings. The lowest BCUT2D eigenvalue weighted by Crippen LogP contribution is -2.61. The summed E-state index contributed by atoms with van der Waals surface area (Å²) in [4.78, 5) is 122. The highest BCUT2D eigenvalue weighted by molar-refractivity contribution is 5.98. The van der Waals surface area contributed by atoms with Crippen LogP contribution in [-0.2, 0) is 49.6 Å². The third-order valence-corrected chi connectivity index (χ3v) is 12.7. The fourth-order valence-corrected chi connectivity index (χ4v) is 7.57. The Morgan fingerprint density at radius 1 is 0.513 bits per heavy atom. The Balaban J connectivity index is 3.22. The van der Waals surface area contributed by atoms with Gasteiger partial charge in [0.05, 0.1) is 12.6 Å². The van der Waals surface area contributed by atoms with Crippen LogP contribution in [0.2, 0.25) is 0 Å². The molecule has 27 heteroatoms. The molecule has 0 bridgehead atoms. The Hall–Kier alpha value is -7.13. The lowest BCUT2D eigenvalue weighted by atomic mass is 9.96. The van der Waals surface area contributed by atoms with E-state index in [0.29, 0.717) is 44.2 Å². The Labute approximate surface area is 445 Å². The van der Waals surface area contributed by atoms with Crippen LogP contribution in [0.3, 0.4) is 0 Å². The van der Waals surface area contributed by atoms with Crippen LogP contribution in [0, 0.1) is 22.7 Å². The third kappa shape index (κ3) is 24.9. The van der Waals surface area contributed by atoms with E-state index in [1.54, 1.807) is 58.2 Å². The average molecular weight is 1070 g/mol. The van der Waals surface area contributed by atoms with Crippen LogP contribution >= 0.6 is 0 Å². The fourth-order valence-electron chi connectivity index (χ4n) is 7.57. The number of aliphatic hydroxyl groups excluding tert-OH is 1. The van der Waals surface area contributed by atoms with Crippen LogP contribution in [-0.4, -0.2) is 158 Å². The molecule has 9 amide bonds. The molecule has 1 aromatic carbocycles. The first-order chi connectivity index (χ1) is 35.9. The van der Waals surface area contributed by atoms with Gasteiger partial charge in [-0.25, -0.2) is 0 Å². The predicted octanol–water partition coefficient (Wildman–Crippen LogP) is -4.04. The molecule has 1 aromatic rings. The number of nitrogens with one attached hydrogen (secondary N) is 13. The number of hydrogen-bond acceptors (Lipinski definition) is 14. The molecule has 0 spiro atoms. The van der Waals surface area contributed by atoms with Crippen LogP contribution in [0.5, 0.6) is 0 Å². The Kier molecular flexibility index (Phi) is 31.6. The number of carbonyl (C=O) groups excluding carboxylic acids is 9. The van der Waals surface area contributed by atoms with Crippen LogP contribution in [0.15, 0.2) is 30.3 Å². The first-order valence-corrected chi connectivity index (χ1v) is 25.8. The Morgan fingerprint density at radius 3 is 1.38 bits per heavy atom. The minimum absolute atomic E-state index is 0.0401. The van der Waals surface area contributed by atoms with E-state index in [-0.39, 0.29) is 63.0 Å². The lowest BCUT2D eigenvalue weighted by molar-refractivity contribution is -0.136. The fraction of sp³-hybridized carbons (Fsp3) is 0.653. The van der Waals surface area contributed by atoms with Crippen molar-refractivity contribution in [3.63, 3.8) is 0 Å². The standard InChI is InChI=1S/C49H87N17O10/c1-8-27(3)37(39(51)68)65-45(74)35(25-31-17-11-10-12-18-31)63-47(76)38(28(4)9-2)66-41(70)30(6)59-40(69)29(5)60-46(75)36(26-67)64-44(73)34(21-16-24-58-49(54)55)62-43(72)33(20-15-23-57-48(52)53)61-42(71)32(56-7)19-13-14-22-50/h10-12,17-18,27-30,32-38,56,67H,8-9,13-16,19-26,50H2,1-7H3,(H2,51,68)(H,59,69)(H,60,75)(H,61,71)(H,62,72)(H,63,76)(H,64,73)(H,65,74)(H,66,70)(H4,52,53,57)(H4,54,55,58)/t27-,28-,29-,30-,32-,33-,34-,35-,36-,37-,38-/m0/s1. The first kappa shape index (κ1) is 66.9. The molecule has 76 heavy (non-hydrogen) atoms. The summed E-state index contributed by atoms with van der Waals surface area (Å²) in [5.74, 6) is -8.34. The summed E-state index contributed by atoms with van der Waals surface area (Å²) < 4.78 is 0. The van der Waals surface area contributed by atoms with E-state index >= 15 is 0 Å². The van der Waals surface area contributed by atoms with Crippen molar-refractivity contribution < 1.29 is 48.3 Å². The molecule has 0 aromatic heterocycles. The number of amides is 9. The van der Waals surface area contributed by atoms with Gasteiger partial charge in [-0.2, -0.15) is 0 Å². The number of guanidine groups is 2. The summed E-state index contributed by atoms with van der Waals surface area (Å²) in [5.41, 5.74) is 22.7. The molecule has 27 nitrogen and oxygen atoms in total. The summed E-state index contributed by atoms with van der Waals surface area (Å²) in [7, 11) is 1.59. The monoisotopic (exact) mass is 1070 g/mol. The molecular formula is C49H87N17O10. The maximum absolute atomic E-state index is 14.0. The zero-order valence-electron chi connectivity index (χ0n) is 45.1. The van der Waals surface area contributed by atoms with Gasteiger partial charge >= 0.3 is 0 Å². The zero-order chi connectivity index (χ0) is 57.5. The molecule has 0 radical (unpaired) electrons. The van der Waals surface area contributed by atoms with Crippen molar-refractivity contribution in [2.24, 2.45) is 34.8 Å². The molecule has 428 valence electrons. The van der Waals surface area contributed by atoms with E-state index in [1.807, 2.05) is 6.92 Å². The van der Waals surface area contributed by atoms with Crippen molar-refractivity contribution >= 4 is 65.1 Å². The molecule has 0 saturated heterocycles. The molecule has 0 aliphatic heterocycles. The molecule has 0 aliphatic carbocycles. The van der Waals surface area contributed by atoms with Gasteiger partial charge in [0.25, 0.3) is 0 Å². The van der Waals surface area contributed by atoms with E-state index in [1.165, 1.54) is 13.8 Å². The first-order valence-electron chi connectivity index (χ1n) is 25.8. The quantitative estimate of drug-likeness (QED) is 0.0171. The van der Waals surface area contributed by atoms with E-state index in [2.05, 4.69) is 58.5 Å². The number of rotatable bonds is 37. The number of primary amides is 1. The van der Waals surface area contributed by atoms with E-state index in [9.17, 15) is 48.3 Å². The van der Waals surface area contributed by atoms with Gasteiger partial charge in [-0.3, -0.25) is 54.0 Å². The van der Waals surface area contributed by atoms with Crippen LogP contribution in [0.4, 0.5) is 0 Å². The number of benzene rings is 1. The molecule has 0 unspecified atom stereocenters. The zero-order valence-corrected chi connectivity index (χ0v) is 45.1. The Morgan fingerprint density at radius 2 is 0.921 bits per heavy atom. The van der Waals surface area contributed by atoms with Crippen LogP contribution in [0.1, 0.15) is 105 Å². The second kappa shape index (κ2) is 36.0. The van der Waals surface area contributed by atoms with Gasteiger partial charge in [-0.1, -0.05) is 77.3 Å². The molecule has 22 N–H and O–H groups in total. The third-order valence-electron chi connectivity index (χ3n) is 12.7. The SMILES string of the molecule is CC[C@H](C)[C@H](NC(=O)[C@H](Cc1ccccc1)NC(=O)[C@@H](NC(=O)[C@H](C)NC(=O)[C@H](C)NC(=O)[C@H](CO)NC(=O)[C@H](CCCNC(=N)N)NC(=O)[C@H](CCCNC(=N)N)NC(=O)[C@H](CCCCN)NC)[C@@H](C)CC)C(N)=O. The summed E-state index contributed by atoms with van der Waals surface area (Å²) in [5, 5.41) is 54.0. The molecule has 0 saturated carbocycles. The van der Waals surface area contributed by atoms with Gasteiger partial charge in [0.2, 0.25) is 53.2 Å². The number of nitrogens with two attached hydrogens (primary N) is 4. The van der Waals surface area contributed by atoms with E-state index in [4.69, 9.17) is 33.8 Å². The predicted molar refractivity (Wildman–Crippen MR) is 286 cm³/mol. The second-order valence-electron chi connectivity index (χ2n) is 18.8. The summed E-state index contributed by atoms with van der Waals surface area (Å²) in [6.45, 7) is 9.51. The number of hydrogen-bond donors (Lipinski definition) is 18. The van der Waals surface area contributed by atoms with Crippen LogP contribution < -0.4 is 81.4 Å². The minimum atomic E-state index is -1.66. The second-order valence-corrected chi connectivity index (χ2v) is 18.8. The topological polar surface area (TPSA) is 458 Å². The van der Waals surface area contributed by atoms with Crippen molar-refractivity contribution in [1.29, 1.82) is 10.8 Å². The molecule has 0 heterocycles. The number of likely N-dealkylation sites (N-methyl/N-ethyl adjacent to an activating group) is 1. The summed E-state index contributed by atoms with van der Waals surface area (Å²) in [6, 6.07) is -2.05.